The molecule has 0 amide bonds. The molecule has 8 nitrogen and oxygen atoms in total. The number of carbonyl (C=O) groups excluding carboxylic acids is 1. The van der Waals surface area contributed by atoms with Gasteiger partial charge in [-0.15, -0.1) is 0 Å². The van der Waals surface area contributed by atoms with Crippen LogP contribution < -0.4 is 15.6 Å². The van der Waals surface area contributed by atoms with E-state index in [2.05, 4.69) is 0 Å². The summed E-state index contributed by atoms with van der Waals surface area (Å²) in [6.45, 7) is 0. The van der Waals surface area contributed by atoms with Gasteiger partial charge in [0.2, 0.25) is 5.75 Å². The van der Waals surface area contributed by atoms with Gasteiger partial charge in [-0.1, -0.05) is 42.5 Å². The molecule has 8 heteroatoms. The predicted molar refractivity (Wildman–Crippen MR) is 126 cm³/mol. The molecule has 0 saturated heterocycles. The normalized spacial score (nSPS) is 15.2. The zero-order valence-electron chi connectivity index (χ0n) is 18.0. The third-order valence-electron chi connectivity index (χ3n) is 6.19. The molecule has 1 atom stereocenters. The van der Waals surface area contributed by atoms with Crippen LogP contribution >= 0.6 is 0 Å². The molecule has 35 heavy (non-hydrogen) atoms. The highest BCUT2D eigenvalue weighted by atomic mass is 16.5. The lowest BCUT2D eigenvalue weighted by molar-refractivity contribution is -0.135. The maximum atomic E-state index is 13.4. The first-order chi connectivity index (χ1) is 16.9. The number of benzene rings is 3. The lowest BCUT2D eigenvalue weighted by atomic mass is 9.85. The van der Waals surface area contributed by atoms with E-state index in [0.717, 1.165) is 0 Å². The van der Waals surface area contributed by atoms with Crippen molar-refractivity contribution in [3.63, 3.8) is 0 Å². The van der Waals surface area contributed by atoms with E-state index in [9.17, 15) is 24.6 Å². The topological polar surface area (TPSA) is 127 Å². The van der Waals surface area contributed by atoms with E-state index in [1.54, 1.807) is 48.5 Å². The molecule has 3 aromatic carbocycles. The van der Waals surface area contributed by atoms with Gasteiger partial charge in [-0.25, -0.2) is 0 Å². The third-order valence-corrected chi connectivity index (χ3v) is 6.19. The van der Waals surface area contributed by atoms with Gasteiger partial charge in [-0.3, -0.25) is 14.4 Å². The molecule has 2 aromatic heterocycles. The lowest BCUT2D eigenvalue weighted by Crippen LogP contribution is -2.25. The summed E-state index contributed by atoms with van der Waals surface area (Å²) >= 11 is 0. The van der Waals surface area contributed by atoms with Gasteiger partial charge in [0.1, 0.15) is 22.3 Å². The van der Waals surface area contributed by atoms with Gasteiger partial charge < -0.3 is 23.8 Å². The Morgan fingerprint density at radius 2 is 1.63 bits per heavy atom. The van der Waals surface area contributed by atoms with Crippen molar-refractivity contribution in [1.29, 1.82) is 0 Å². The number of phenols is 2. The Labute approximate surface area is 196 Å². The second-order valence-electron chi connectivity index (χ2n) is 8.23. The van der Waals surface area contributed by atoms with Crippen LogP contribution in [-0.4, -0.2) is 16.2 Å². The van der Waals surface area contributed by atoms with Gasteiger partial charge >= 0.3 is 5.97 Å². The number of aromatic hydroxyl groups is 2. The molecule has 0 radical (unpaired) electrons. The summed E-state index contributed by atoms with van der Waals surface area (Å²) in [4.78, 5) is 38.9. The Hall–Kier alpha value is -4.85. The second-order valence-corrected chi connectivity index (χ2v) is 8.23. The number of fused-ring (bicyclic) bond motifs is 4. The fraction of sp³-hybridized carbons (Fsp3) is 0.0741. The highest BCUT2D eigenvalue weighted by molar-refractivity contribution is 5.96. The first kappa shape index (κ1) is 20.7. The van der Waals surface area contributed by atoms with Crippen LogP contribution in [0.2, 0.25) is 0 Å². The van der Waals surface area contributed by atoms with Gasteiger partial charge in [0.25, 0.3) is 0 Å². The molecule has 0 aliphatic carbocycles. The Bertz CT molecular complexity index is 1780. The molecule has 1 aliphatic rings. The van der Waals surface area contributed by atoms with Crippen LogP contribution in [0.1, 0.15) is 23.5 Å². The number of ether oxygens (including phenoxy) is 1. The molecule has 0 fully saturated rings. The van der Waals surface area contributed by atoms with E-state index in [1.807, 2.05) is 6.07 Å². The van der Waals surface area contributed by atoms with Crippen LogP contribution in [0.3, 0.4) is 0 Å². The molecule has 0 unspecified atom stereocenters. The average Bonchev–Trinajstić information content (AvgIpc) is 2.87. The number of hydrogen-bond acceptors (Lipinski definition) is 8. The van der Waals surface area contributed by atoms with Crippen molar-refractivity contribution < 1.29 is 28.6 Å². The van der Waals surface area contributed by atoms with Gasteiger partial charge in [-0.05, 0) is 12.1 Å². The molecule has 2 N–H and O–H groups in total. The van der Waals surface area contributed by atoms with Crippen molar-refractivity contribution in [3.8, 4) is 28.6 Å². The van der Waals surface area contributed by atoms with Gasteiger partial charge in [0.15, 0.2) is 22.4 Å². The monoisotopic (exact) mass is 468 g/mol. The fourth-order valence-corrected chi connectivity index (χ4v) is 4.55. The van der Waals surface area contributed by atoms with Crippen molar-refractivity contribution in [2.75, 3.05) is 0 Å². The van der Waals surface area contributed by atoms with Crippen molar-refractivity contribution in [2.24, 2.45) is 0 Å². The van der Waals surface area contributed by atoms with Crippen molar-refractivity contribution in [3.05, 3.63) is 98.5 Å². The molecule has 5 aromatic rings. The number of hydrogen-bond donors (Lipinski definition) is 2. The summed E-state index contributed by atoms with van der Waals surface area (Å²) in [5.41, 5.74) is 0.125. The SMILES string of the molecule is O=C1C[C@@H](c2coc3ccccc3c2=O)c2c(c(O)c(O)c3c(=O)cc(-c4ccccc4)oc23)O1. The van der Waals surface area contributed by atoms with Gasteiger partial charge in [-0.2, -0.15) is 0 Å². The molecule has 3 heterocycles. The zero-order valence-corrected chi connectivity index (χ0v) is 18.0. The minimum atomic E-state index is -0.963. The number of esters is 1. The quantitative estimate of drug-likeness (QED) is 0.221. The van der Waals surface area contributed by atoms with E-state index in [4.69, 9.17) is 13.6 Å². The first-order valence-electron chi connectivity index (χ1n) is 10.8. The maximum absolute atomic E-state index is 13.4. The molecule has 0 bridgehead atoms. The predicted octanol–water partition coefficient (Wildman–Crippen LogP) is 4.42. The smallest absolute Gasteiger partial charge is 0.312 e. The van der Waals surface area contributed by atoms with Crippen molar-refractivity contribution in [1.82, 2.24) is 0 Å². The molecular weight excluding hydrogens is 452 g/mol. The zero-order chi connectivity index (χ0) is 24.3. The summed E-state index contributed by atoms with van der Waals surface area (Å²) in [7, 11) is 0. The summed E-state index contributed by atoms with van der Waals surface area (Å²) < 4.78 is 17.0. The van der Waals surface area contributed by atoms with Crippen LogP contribution in [0.25, 0.3) is 33.3 Å². The molecular formula is C27H16O8. The molecule has 1 aliphatic heterocycles. The van der Waals surface area contributed by atoms with E-state index in [-0.39, 0.29) is 45.5 Å². The van der Waals surface area contributed by atoms with Gasteiger partial charge in [0, 0.05) is 23.1 Å². The summed E-state index contributed by atoms with van der Waals surface area (Å²) in [6.07, 6.45) is 0.987. The van der Waals surface area contributed by atoms with Crippen LogP contribution in [-0.2, 0) is 4.79 Å². The van der Waals surface area contributed by atoms with Crippen molar-refractivity contribution >= 4 is 27.9 Å². The van der Waals surface area contributed by atoms with Crippen LogP contribution in [0, 0.1) is 0 Å². The summed E-state index contributed by atoms with van der Waals surface area (Å²) in [5, 5.41) is 21.3. The van der Waals surface area contributed by atoms with Gasteiger partial charge in [0.05, 0.1) is 23.6 Å². The molecule has 6 rings (SSSR count). The number of phenolic OH excluding ortho intramolecular Hbond substituents is 2. The summed E-state index contributed by atoms with van der Waals surface area (Å²) in [5.74, 6) is -3.41. The number of carbonyl (C=O) groups is 1. The largest absolute Gasteiger partial charge is 0.504 e. The van der Waals surface area contributed by atoms with E-state index >= 15 is 0 Å². The van der Waals surface area contributed by atoms with Crippen LogP contribution in [0.4, 0.5) is 0 Å². The average molecular weight is 468 g/mol. The van der Waals surface area contributed by atoms with E-state index < -0.39 is 28.8 Å². The minimum absolute atomic E-state index is 0.0910. The Morgan fingerprint density at radius 1 is 0.886 bits per heavy atom. The molecule has 0 spiro atoms. The number of para-hydroxylation sites is 1. The standard InChI is InChI=1S/C27H16O8/c28-17-11-19(13-6-2-1-3-7-13)34-26-21-15(10-20(29)35-27(21)25(32)24(31)22(17)26)16-12-33-18-9-5-4-8-14(18)23(16)30/h1-9,11-12,15,31-32H,10H2/t15-/m0/s1. The summed E-state index contributed by atoms with van der Waals surface area (Å²) in [6, 6.07) is 16.7. The maximum Gasteiger partial charge on any atom is 0.312 e. The lowest BCUT2D eigenvalue weighted by Gasteiger charge is -2.26. The second kappa shape index (κ2) is 7.59. The van der Waals surface area contributed by atoms with Crippen LogP contribution in [0.5, 0.6) is 17.2 Å². The Kier molecular flexibility index (Phi) is 4.50. The molecule has 0 saturated carbocycles. The van der Waals surface area contributed by atoms with Crippen molar-refractivity contribution in [2.45, 2.75) is 12.3 Å². The van der Waals surface area contributed by atoms with E-state index in [0.29, 0.717) is 16.5 Å². The highest BCUT2D eigenvalue weighted by Crippen LogP contribution is 2.51. The number of rotatable bonds is 2. The third kappa shape index (κ3) is 3.11. The molecule has 172 valence electrons. The van der Waals surface area contributed by atoms with Crippen LogP contribution in [0.15, 0.2) is 85.4 Å². The van der Waals surface area contributed by atoms with E-state index in [1.165, 1.54) is 12.3 Å². The Balaban J connectivity index is 1.71. The first-order valence-corrected chi connectivity index (χ1v) is 10.8. The highest BCUT2D eigenvalue weighted by Gasteiger charge is 2.38. The Morgan fingerprint density at radius 3 is 2.43 bits per heavy atom. The minimum Gasteiger partial charge on any atom is -0.504 e. The fourth-order valence-electron chi connectivity index (χ4n) is 4.55.